The standard InChI is InChI=1S/C18H31N5O/c1-14(15-6-5-9-19-13-15)12-18(24)20-10-8-17-22-21-16-7-3-2-4-11-23(16)17/h14-15,19H,2-13H2,1H3,(H,20,24). The summed E-state index contributed by atoms with van der Waals surface area (Å²) >= 11 is 0. The third-order valence-electron chi connectivity index (χ3n) is 5.50. The molecule has 6 nitrogen and oxygen atoms in total. The van der Waals surface area contributed by atoms with E-state index in [4.69, 9.17) is 0 Å². The minimum atomic E-state index is 0.170. The van der Waals surface area contributed by atoms with Crippen molar-refractivity contribution in [3.05, 3.63) is 11.6 Å². The fraction of sp³-hybridized carbons (Fsp3) is 0.833. The quantitative estimate of drug-likeness (QED) is 0.831. The highest BCUT2D eigenvalue weighted by Crippen LogP contribution is 2.22. The first-order chi connectivity index (χ1) is 11.7. The smallest absolute Gasteiger partial charge is 0.220 e. The normalized spacial score (nSPS) is 22.5. The minimum absolute atomic E-state index is 0.170. The summed E-state index contributed by atoms with van der Waals surface area (Å²) in [4.78, 5) is 12.2. The van der Waals surface area contributed by atoms with Crippen LogP contribution in [0, 0.1) is 11.8 Å². The zero-order valence-corrected chi connectivity index (χ0v) is 14.9. The maximum atomic E-state index is 12.2. The van der Waals surface area contributed by atoms with E-state index in [1.807, 2.05) is 0 Å². The van der Waals surface area contributed by atoms with Crippen LogP contribution in [-0.4, -0.2) is 40.3 Å². The van der Waals surface area contributed by atoms with Crippen LogP contribution in [0.25, 0.3) is 0 Å². The van der Waals surface area contributed by atoms with E-state index in [1.165, 1.54) is 32.1 Å². The number of fused-ring (bicyclic) bond motifs is 1. The molecule has 0 radical (unpaired) electrons. The van der Waals surface area contributed by atoms with Crippen molar-refractivity contribution in [2.24, 2.45) is 11.8 Å². The van der Waals surface area contributed by atoms with Gasteiger partial charge in [-0.3, -0.25) is 4.79 Å². The van der Waals surface area contributed by atoms with E-state index < -0.39 is 0 Å². The van der Waals surface area contributed by atoms with Crippen molar-refractivity contribution in [1.29, 1.82) is 0 Å². The lowest BCUT2D eigenvalue weighted by atomic mass is 9.85. The highest BCUT2D eigenvalue weighted by molar-refractivity contribution is 5.76. The van der Waals surface area contributed by atoms with Crippen LogP contribution in [0.4, 0.5) is 0 Å². The van der Waals surface area contributed by atoms with Crippen LogP contribution in [0.2, 0.25) is 0 Å². The molecular weight excluding hydrogens is 302 g/mol. The molecule has 2 aliphatic heterocycles. The summed E-state index contributed by atoms with van der Waals surface area (Å²) in [6, 6.07) is 0. The number of carbonyl (C=O) groups excluding carboxylic acids is 1. The van der Waals surface area contributed by atoms with Crippen molar-refractivity contribution < 1.29 is 4.79 Å². The molecule has 2 atom stereocenters. The molecule has 0 aliphatic carbocycles. The van der Waals surface area contributed by atoms with Gasteiger partial charge in [0.25, 0.3) is 0 Å². The Bertz CT molecular complexity index is 536. The second kappa shape index (κ2) is 8.60. The fourth-order valence-electron chi connectivity index (χ4n) is 3.94. The molecule has 134 valence electrons. The second-order valence-corrected chi connectivity index (χ2v) is 7.38. The molecule has 0 aromatic carbocycles. The lowest BCUT2D eigenvalue weighted by Crippen LogP contribution is -2.36. The number of nitrogens with zero attached hydrogens (tertiary/aromatic N) is 3. The lowest BCUT2D eigenvalue weighted by molar-refractivity contribution is -0.122. The van der Waals surface area contributed by atoms with Gasteiger partial charge < -0.3 is 15.2 Å². The van der Waals surface area contributed by atoms with Gasteiger partial charge in [0, 0.05) is 32.4 Å². The molecule has 1 fully saturated rings. The van der Waals surface area contributed by atoms with Gasteiger partial charge in [0.05, 0.1) is 0 Å². The molecule has 1 aromatic rings. The number of piperidine rings is 1. The van der Waals surface area contributed by atoms with E-state index in [-0.39, 0.29) is 5.91 Å². The maximum absolute atomic E-state index is 12.2. The third-order valence-corrected chi connectivity index (χ3v) is 5.50. The molecule has 0 bridgehead atoms. The maximum Gasteiger partial charge on any atom is 0.220 e. The SMILES string of the molecule is CC(CC(=O)NCCc1nnc2n1CCCCC2)C1CCCNC1. The summed E-state index contributed by atoms with van der Waals surface area (Å²) in [6.07, 6.45) is 8.60. The molecule has 2 N–H and O–H groups in total. The van der Waals surface area contributed by atoms with Crippen LogP contribution in [0.15, 0.2) is 0 Å². The van der Waals surface area contributed by atoms with E-state index in [1.54, 1.807) is 0 Å². The zero-order valence-electron chi connectivity index (χ0n) is 14.9. The molecule has 3 heterocycles. The van der Waals surface area contributed by atoms with Gasteiger partial charge in [-0.2, -0.15) is 0 Å². The average Bonchev–Trinajstić information content (AvgIpc) is 2.82. The first-order valence-electron chi connectivity index (χ1n) is 9.62. The molecule has 2 aliphatic rings. The summed E-state index contributed by atoms with van der Waals surface area (Å²) in [5.41, 5.74) is 0. The Labute approximate surface area is 144 Å². The highest BCUT2D eigenvalue weighted by Gasteiger charge is 2.22. The van der Waals surface area contributed by atoms with Crippen molar-refractivity contribution in [2.75, 3.05) is 19.6 Å². The summed E-state index contributed by atoms with van der Waals surface area (Å²) in [5.74, 6) is 3.39. The Morgan fingerprint density at radius 3 is 3.08 bits per heavy atom. The number of rotatable bonds is 6. The van der Waals surface area contributed by atoms with Crippen molar-refractivity contribution in [3.8, 4) is 0 Å². The summed E-state index contributed by atoms with van der Waals surface area (Å²) in [5, 5.41) is 15.1. The Balaban J connectivity index is 1.41. The Morgan fingerprint density at radius 1 is 1.33 bits per heavy atom. The molecule has 6 heteroatoms. The topological polar surface area (TPSA) is 71.8 Å². The van der Waals surface area contributed by atoms with Crippen molar-refractivity contribution in [1.82, 2.24) is 25.4 Å². The van der Waals surface area contributed by atoms with E-state index >= 15 is 0 Å². The van der Waals surface area contributed by atoms with Gasteiger partial charge >= 0.3 is 0 Å². The fourth-order valence-corrected chi connectivity index (χ4v) is 3.94. The lowest BCUT2D eigenvalue weighted by Gasteiger charge is -2.28. The van der Waals surface area contributed by atoms with Crippen molar-refractivity contribution >= 4 is 5.91 Å². The monoisotopic (exact) mass is 333 g/mol. The Hall–Kier alpha value is -1.43. The van der Waals surface area contributed by atoms with Gasteiger partial charge in [-0.25, -0.2) is 0 Å². The van der Waals surface area contributed by atoms with Gasteiger partial charge in [0.15, 0.2) is 0 Å². The highest BCUT2D eigenvalue weighted by atomic mass is 16.1. The number of aryl methyl sites for hydroxylation is 1. The van der Waals surface area contributed by atoms with Crippen molar-refractivity contribution in [2.45, 2.75) is 64.8 Å². The van der Waals surface area contributed by atoms with Gasteiger partial charge in [0.2, 0.25) is 5.91 Å². The molecule has 0 saturated carbocycles. The summed E-state index contributed by atoms with van der Waals surface area (Å²) < 4.78 is 2.26. The van der Waals surface area contributed by atoms with Crippen LogP contribution in [0.1, 0.15) is 57.1 Å². The number of hydrogen-bond donors (Lipinski definition) is 2. The minimum Gasteiger partial charge on any atom is -0.356 e. The van der Waals surface area contributed by atoms with Crippen LogP contribution in [0.5, 0.6) is 0 Å². The van der Waals surface area contributed by atoms with Crippen LogP contribution in [-0.2, 0) is 24.2 Å². The molecular formula is C18H31N5O. The second-order valence-electron chi connectivity index (χ2n) is 7.38. The molecule has 3 rings (SSSR count). The van der Waals surface area contributed by atoms with Crippen LogP contribution in [0.3, 0.4) is 0 Å². The number of nitrogens with one attached hydrogen (secondary N) is 2. The average molecular weight is 333 g/mol. The van der Waals surface area contributed by atoms with Crippen molar-refractivity contribution in [3.63, 3.8) is 0 Å². The summed E-state index contributed by atoms with van der Waals surface area (Å²) in [6.45, 7) is 6.07. The molecule has 1 amide bonds. The largest absolute Gasteiger partial charge is 0.356 e. The predicted molar refractivity (Wildman–Crippen MR) is 93.7 cm³/mol. The van der Waals surface area contributed by atoms with Gasteiger partial charge in [-0.05, 0) is 50.6 Å². The van der Waals surface area contributed by atoms with E-state index in [9.17, 15) is 4.79 Å². The predicted octanol–water partition coefficient (Wildman–Crippen LogP) is 1.69. The van der Waals surface area contributed by atoms with E-state index in [2.05, 4.69) is 32.3 Å². The first kappa shape index (κ1) is 17.4. The number of carbonyl (C=O) groups is 1. The van der Waals surface area contributed by atoms with Gasteiger partial charge in [-0.1, -0.05) is 13.3 Å². The number of aromatic nitrogens is 3. The molecule has 0 spiro atoms. The molecule has 1 saturated heterocycles. The van der Waals surface area contributed by atoms with Crippen LogP contribution >= 0.6 is 0 Å². The molecule has 2 unspecified atom stereocenters. The van der Waals surface area contributed by atoms with Crippen LogP contribution < -0.4 is 10.6 Å². The van der Waals surface area contributed by atoms with E-state index in [0.29, 0.717) is 24.8 Å². The number of hydrogen-bond acceptors (Lipinski definition) is 4. The summed E-state index contributed by atoms with van der Waals surface area (Å²) in [7, 11) is 0. The molecule has 24 heavy (non-hydrogen) atoms. The zero-order chi connectivity index (χ0) is 16.8. The Morgan fingerprint density at radius 2 is 2.25 bits per heavy atom. The Kier molecular flexibility index (Phi) is 6.24. The first-order valence-corrected chi connectivity index (χ1v) is 9.62. The molecule has 1 aromatic heterocycles. The third kappa shape index (κ3) is 4.56. The van der Waals surface area contributed by atoms with E-state index in [0.717, 1.165) is 44.1 Å². The van der Waals surface area contributed by atoms with Gasteiger partial charge in [-0.15, -0.1) is 10.2 Å². The van der Waals surface area contributed by atoms with Gasteiger partial charge in [0.1, 0.15) is 11.6 Å². The number of amides is 1.